The number of aliphatic carboxylic acids is 1. The molecular weight excluding hydrogens is 270 g/mol. The highest BCUT2D eigenvalue weighted by molar-refractivity contribution is 8.00. The van der Waals surface area contributed by atoms with Gasteiger partial charge in [0, 0.05) is 11.0 Å². The number of thioether (sulfide) groups is 1. The maximum Gasteiger partial charge on any atom is 0.316 e. The first-order valence-electron chi connectivity index (χ1n) is 5.79. The van der Waals surface area contributed by atoms with Crippen LogP contribution in [0.5, 0.6) is 5.75 Å². The highest BCUT2D eigenvalue weighted by Gasteiger charge is 2.19. The second-order valence-electron chi connectivity index (χ2n) is 3.71. The number of ether oxygens (including phenoxy) is 1. The van der Waals surface area contributed by atoms with Crippen molar-refractivity contribution in [2.45, 2.75) is 30.4 Å². The van der Waals surface area contributed by atoms with E-state index in [2.05, 4.69) is 0 Å². The van der Waals surface area contributed by atoms with E-state index < -0.39 is 16.1 Å². The summed E-state index contributed by atoms with van der Waals surface area (Å²) in [4.78, 5) is 21.8. The molecule has 7 heteroatoms. The highest BCUT2D eigenvalue weighted by atomic mass is 32.2. The lowest BCUT2D eigenvalue weighted by molar-refractivity contribution is -0.385. The molecule has 0 heterocycles. The van der Waals surface area contributed by atoms with Gasteiger partial charge in [-0.3, -0.25) is 14.9 Å². The first-order chi connectivity index (χ1) is 8.97. The Morgan fingerprint density at radius 2 is 2.16 bits per heavy atom. The normalized spacial score (nSPS) is 11.9. The fraction of sp³-hybridized carbons (Fsp3) is 0.417. The molecule has 6 nitrogen and oxygen atoms in total. The molecule has 1 unspecified atom stereocenters. The van der Waals surface area contributed by atoms with Crippen LogP contribution in [0.25, 0.3) is 0 Å². The standard InChI is InChI=1S/C12H15NO5S/c1-3-11(12(14)15)19-10-6-8(13(16)17)5-9(7-10)18-4-2/h5-7,11H,3-4H2,1-2H3,(H,14,15). The number of nitro groups is 1. The Kier molecular flexibility index (Phi) is 5.62. The number of carbonyl (C=O) groups is 1. The zero-order chi connectivity index (χ0) is 14.4. The largest absolute Gasteiger partial charge is 0.494 e. The first kappa shape index (κ1) is 15.3. The van der Waals surface area contributed by atoms with Crippen LogP contribution < -0.4 is 4.74 Å². The van der Waals surface area contributed by atoms with E-state index in [1.165, 1.54) is 12.1 Å². The van der Waals surface area contributed by atoms with Gasteiger partial charge in [0.25, 0.3) is 5.69 Å². The van der Waals surface area contributed by atoms with Crippen LogP contribution in [0.3, 0.4) is 0 Å². The van der Waals surface area contributed by atoms with Gasteiger partial charge in [0.2, 0.25) is 0 Å². The minimum Gasteiger partial charge on any atom is -0.494 e. The summed E-state index contributed by atoms with van der Waals surface area (Å²) in [6.45, 7) is 3.92. The summed E-state index contributed by atoms with van der Waals surface area (Å²) in [5.41, 5.74) is -0.103. The third-order valence-electron chi connectivity index (χ3n) is 2.31. The molecule has 0 aromatic heterocycles. The van der Waals surface area contributed by atoms with Crippen LogP contribution in [0.15, 0.2) is 23.1 Å². The van der Waals surface area contributed by atoms with Crippen molar-refractivity contribution in [1.29, 1.82) is 0 Å². The van der Waals surface area contributed by atoms with Crippen molar-refractivity contribution in [3.8, 4) is 5.75 Å². The van der Waals surface area contributed by atoms with Gasteiger partial charge in [0.1, 0.15) is 11.0 Å². The Bertz CT molecular complexity index is 477. The number of benzene rings is 1. The van der Waals surface area contributed by atoms with E-state index in [1.807, 2.05) is 0 Å². The minimum absolute atomic E-state index is 0.103. The lowest BCUT2D eigenvalue weighted by Gasteiger charge is -2.10. The number of hydrogen-bond acceptors (Lipinski definition) is 5. The summed E-state index contributed by atoms with van der Waals surface area (Å²) >= 11 is 1.08. The van der Waals surface area contributed by atoms with Crippen LogP contribution in [0.2, 0.25) is 0 Å². The predicted molar refractivity (Wildman–Crippen MR) is 71.8 cm³/mol. The van der Waals surface area contributed by atoms with Crippen molar-refractivity contribution in [2.75, 3.05) is 6.61 Å². The number of nitrogens with zero attached hydrogens (tertiary/aromatic N) is 1. The maximum atomic E-state index is 11.0. The Morgan fingerprint density at radius 3 is 2.63 bits per heavy atom. The molecule has 0 spiro atoms. The Morgan fingerprint density at radius 1 is 1.47 bits per heavy atom. The third-order valence-corrected chi connectivity index (χ3v) is 3.64. The zero-order valence-corrected chi connectivity index (χ0v) is 11.5. The lowest BCUT2D eigenvalue weighted by atomic mass is 10.3. The van der Waals surface area contributed by atoms with Crippen LogP contribution >= 0.6 is 11.8 Å². The van der Waals surface area contributed by atoms with Crippen molar-refractivity contribution in [1.82, 2.24) is 0 Å². The van der Waals surface area contributed by atoms with Crippen LogP contribution in [0.1, 0.15) is 20.3 Å². The van der Waals surface area contributed by atoms with E-state index in [4.69, 9.17) is 9.84 Å². The van der Waals surface area contributed by atoms with E-state index >= 15 is 0 Å². The van der Waals surface area contributed by atoms with Crippen molar-refractivity contribution < 1.29 is 19.6 Å². The van der Waals surface area contributed by atoms with E-state index in [1.54, 1.807) is 19.9 Å². The predicted octanol–water partition coefficient (Wildman–Crippen LogP) is 2.95. The number of rotatable bonds is 7. The molecule has 19 heavy (non-hydrogen) atoms. The average molecular weight is 285 g/mol. The van der Waals surface area contributed by atoms with E-state index in [-0.39, 0.29) is 5.69 Å². The number of non-ortho nitro benzene ring substituents is 1. The molecule has 0 saturated heterocycles. The smallest absolute Gasteiger partial charge is 0.316 e. The van der Waals surface area contributed by atoms with Gasteiger partial charge in [0.05, 0.1) is 17.6 Å². The summed E-state index contributed by atoms with van der Waals surface area (Å²) in [5.74, 6) is -0.559. The summed E-state index contributed by atoms with van der Waals surface area (Å²) < 4.78 is 5.25. The van der Waals surface area contributed by atoms with Crippen LogP contribution in [-0.2, 0) is 4.79 Å². The van der Waals surface area contributed by atoms with Crippen molar-refractivity contribution in [3.63, 3.8) is 0 Å². The molecule has 0 aliphatic rings. The summed E-state index contributed by atoms with van der Waals surface area (Å²) in [5, 5.41) is 19.2. The molecule has 1 rings (SSSR count). The van der Waals surface area contributed by atoms with Gasteiger partial charge >= 0.3 is 5.97 Å². The maximum absolute atomic E-state index is 11.0. The van der Waals surface area contributed by atoms with Gasteiger partial charge in [-0.1, -0.05) is 6.92 Å². The van der Waals surface area contributed by atoms with Crippen LogP contribution in [0, 0.1) is 10.1 Å². The molecule has 0 amide bonds. The molecule has 0 aliphatic carbocycles. The van der Waals surface area contributed by atoms with Crippen molar-refractivity contribution >= 4 is 23.4 Å². The molecule has 1 aromatic rings. The van der Waals surface area contributed by atoms with Gasteiger partial charge in [-0.05, 0) is 19.4 Å². The monoisotopic (exact) mass is 285 g/mol. The molecule has 1 aromatic carbocycles. The minimum atomic E-state index is -0.933. The molecule has 104 valence electrons. The van der Waals surface area contributed by atoms with Gasteiger partial charge in [-0.2, -0.15) is 0 Å². The molecule has 0 radical (unpaired) electrons. The topological polar surface area (TPSA) is 89.7 Å². The Balaban J connectivity index is 3.04. The first-order valence-corrected chi connectivity index (χ1v) is 6.67. The molecule has 0 aliphatic heterocycles. The van der Waals surface area contributed by atoms with Crippen LogP contribution in [0.4, 0.5) is 5.69 Å². The summed E-state index contributed by atoms with van der Waals surface area (Å²) in [6, 6.07) is 4.31. The van der Waals surface area contributed by atoms with Crippen LogP contribution in [-0.4, -0.2) is 27.9 Å². The zero-order valence-electron chi connectivity index (χ0n) is 10.7. The molecule has 0 fully saturated rings. The fourth-order valence-electron chi connectivity index (χ4n) is 1.45. The average Bonchev–Trinajstić information content (AvgIpc) is 2.35. The number of carboxylic acids is 1. The second-order valence-corrected chi connectivity index (χ2v) is 4.98. The van der Waals surface area contributed by atoms with E-state index in [0.29, 0.717) is 23.7 Å². The highest BCUT2D eigenvalue weighted by Crippen LogP contribution is 2.32. The Labute approximate surface area is 114 Å². The number of hydrogen-bond donors (Lipinski definition) is 1. The molecule has 1 N–H and O–H groups in total. The quantitative estimate of drug-likeness (QED) is 0.470. The Hall–Kier alpha value is -1.76. The lowest BCUT2D eigenvalue weighted by Crippen LogP contribution is -2.14. The molecule has 0 saturated carbocycles. The summed E-state index contributed by atoms with van der Waals surface area (Å²) in [7, 11) is 0. The van der Waals surface area contributed by atoms with E-state index in [0.717, 1.165) is 11.8 Å². The van der Waals surface area contributed by atoms with Gasteiger partial charge in [-0.25, -0.2) is 0 Å². The van der Waals surface area contributed by atoms with E-state index in [9.17, 15) is 14.9 Å². The van der Waals surface area contributed by atoms with Gasteiger partial charge in [-0.15, -0.1) is 11.8 Å². The second kappa shape index (κ2) is 6.98. The molecular formula is C12H15NO5S. The SMILES string of the molecule is CCOc1cc(SC(CC)C(=O)O)cc([N+](=O)[O-])c1. The molecule has 0 bridgehead atoms. The number of nitro benzene ring substituents is 1. The number of carboxylic acid groups (broad SMARTS) is 1. The molecule has 1 atom stereocenters. The van der Waals surface area contributed by atoms with Crippen molar-refractivity contribution in [2.24, 2.45) is 0 Å². The van der Waals surface area contributed by atoms with Gasteiger partial charge < -0.3 is 9.84 Å². The third kappa shape index (κ3) is 4.44. The fourth-order valence-corrected chi connectivity index (χ4v) is 2.42. The van der Waals surface area contributed by atoms with Crippen molar-refractivity contribution in [3.05, 3.63) is 28.3 Å². The van der Waals surface area contributed by atoms with Gasteiger partial charge in [0.15, 0.2) is 0 Å². The summed E-state index contributed by atoms with van der Waals surface area (Å²) in [6.07, 6.45) is 0.437.